The molecule has 13 heavy (non-hydrogen) atoms. The smallest absolute Gasteiger partial charge is 0.0277 e. The molecule has 0 saturated heterocycles. The molecule has 0 spiro atoms. The third-order valence-corrected chi connectivity index (χ3v) is 1.99. The van der Waals surface area contributed by atoms with Crippen molar-refractivity contribution in [2.45, 2.75) is 33.1 Å². The van der Waals surface area contributed by atoms with Crippen molar-refractivity contribution >= 4 is 0 Å². The van der Waals surface area contributed by atoms with Crippen LogP contribution in [0, 0.1) is 11.8 Å². The van der Waals surface area contributed by atoms with Gasteiger partial charge in [-0.1, -0.05) is 43.9 Å². The molecular formula is C13H16. The van der Waals surface area contributed by atoms with Crippen LogP contribution < -0.4 is 0 Å². The lowest BCUT2D eigenvalue weighted by atomic mass is 10.1. The molecule has 0 heteroatoms. The molecule has 1 aliphatic rings. The van der Waals surface area contributed by atoms with E-state index in [-0.39, 0.29) is 0 Å². The van der Waals surface area contributed by atoms with Gasteiger partial charge in [-0.05, 0) is 24.5 Å². The summed E-state index contributed by atoms with van der Waals surface area (Å²) in [5, 5.41) is 0. The Hall–Kier alpha value is -1.22. The maximum absolute atomic E-state index is 3.18. The Bertz CT molecular complexity index is 312. The first-order valence-electron chi connectivity index (χ1n) is 5.03. The zero-order valence-electron chi connectivity index (χ0n) is 8.43. The van der Waals surface area contributed by atoms with Crippen LogP contribution in [0.2, 0.25) is 0 Å². The van der Waals surface area contributed by atoms with Crippen LogP contribution in [0.4, 0.5) is 0 Å². The second kappa shape index (κ2) is 5.43. The lowest BCUT2D eigenvalue weighted by Gasteiger charge is -1.99. The van der Waals surface area contributed by atoms with Crippen LogP contribution >= 0.6 is 0 Å². The summed E-state index contributed by atoms with van der Waals surface area (Å²) in [6, 6.07) is 8.42. The third kappa shape index (κ3) is 2.63. The second-order valence-corrected chi connectivity index (χ2v) is 2.81. The number of rotatable bonds is 0. The molecule has 0 radical (unpaired) electrons. The average molecular weight is 172 g/mol. The van der Waals surface area contributed by atoms with E-state index in [9.17, 15) is 0 Å². The Kier molecular flexibility index (Phi) is 4.12. The van der Waals surface area contributed by atoms with E-state index in [0.29, 0.717) is 0 Å². The van der Waals surface area contributed by atoms with E-state index >= 15 is 0 Å². The maximum atomic E-state index is 3.18. The van der Waals surface area contributed by atoms with Crippen molar-refractivity contribution in [2.24, 2.45) is 0 Å². The van der Waals surface area contributed by atoms with E-state index < -0.39 is 0 Å². The predicted molar refractivity (Wildman–Crippen MR) is 57.6 cm³/mol. The quantitative estimate of drug-likeness (QED) is 0.526. The molecule has 1 aromatic carbocycles. The highest BCUT2D eigenvalue weighted by atomic mass is 14.0. The molecule has 1 aromatic rings. The molecule has 68 valence electrons. The van der Waals surface area contributed by atoms with E-state index in [2.05, 4.69) is 36.1 Å². The molecule has 0 fully saturated rings. The van der Waals surface area contributed by atoms with Crippen molar-refractivity contribution in [3.63, 3.8) is 0 Å². The van der Waals surface area contributed by atoms with Crippen molar-refractivity contribution in [3.8, 4) is 11.8 Å². The standard InChI is InChI=1S/C11H10.C2H6/c1-2-6-10-8-4-5-9-11(10)7-3-1;1-2/h4-5,8-9H,1-2,6H2;1-2H3. The van der Waals surface area contributed by atoms with Crippen LogP contribution in [-0.4, -0.2) is 0 Å². The maximum Gasteiger partial charge on any atom is 0.0277 e. The Morgan fingerprint density at radius 1 is 1.15 bits per heavy atom. The fraction of sp³-hybridized carbons (Fsp3) is 0.385. The van der Waals surface area contributed by atoms with Crippen molar-refractivity contribution in [1.29, 1.82) is 0 Å². The first kappa shape index (κ1) is 9.86. The van der Waals surface area contributed by atoms with Gasteiger partial charge < -0.3 is 0 Å². The van der Waals surface area contributed by atoms with Gasteiger partial charge in [-0.3, -0.25) is 0 Å². The number of hydrogen-bond acceptors (Lipinski definition) is 0. The van der Waals surface area contributed by atoms with E-state index in [1.54, 1.807) is 0 Å². The van der Waals surface area contributed by atoms with Crippen LogP contribution in [0.5, 0.6) is 0 Å². The first-order chi connectivity index (χ1) is 6.47. The van der Waals surface area contributed by atoms with E-state index in [1.807, 2.05) is 13.8 Å². The minimum Gasteiger partial charge on any atom is -0.0979 e. The topological polar surface area (TPSA) is 0 Å². The highest BCUT2D eigenvalue weighted by Gasteiger charge is 2.00. The summed E-state index contributed by atoms with van der Waals surface area (Å²) in [4.78, 5) is 0. The molecule has 1 aliphatic carbocycles. The molecule has 0 unspecified atom stereocenters. The largest absolute Gasteiger partial charge is 0.0979 e. The van der Waals surface area contributed by atoms with Crippen LogP contribution in [-0.2, 0) is 6.42 Å². The number of benzene rings is 1. The fourth-order valence-electron chi connectivity index (χ4n) is 1.39. The number of hydrogen-bond donors (Lipinski definition) is 0. The third-order valence-electron chi connectivity index (χ3n) is 1.99. The van der Waals surface area contributed by atoms with E-state index in [0.717, 1.165) is 6.42 Å². The van der Waals surface area contributed by atoms with Crippen molar-refractivity contribution in [1.82, 2.24) is 0 Å². The molecule has 0 nitrogen and oxygen atoms in total. The van der Waals surface area contributed by atoms with Crippen LogP contribution in [0.3, 0.4) is 0 Å². The monoisotopic (exact) mass is 172 g/mol. The van der Waals surface area contributed by atoms with Crippen molar-refractivity contribution in [2.75, 3.05) is 0 Å². The zero-order chi connectivity index (χ0) is 9.52. The van der Waals surface area contributed by atoms with Crippen LogP contribution in [0.1, 0.15) is 37.8 Å². The second-order valence-electron chi connectivity index (χ2n) is 2.81. The summed E-state index contributed by atoms with van der Waals surface area (Å²) in [5.74, 6) is 6.33. The summed E-state index contributed by atoms with van der Waals surface area (Å²) in [6.07, 6.45) is 3.44. The van der Waals surface area contributed by atoms with Crippen molar-refractivity contribution < 1.29 is 0 Å². The summed E-state index contributed by atoms with van der Waals surface area (Å²) in [7, 11) is 0. The SMILES string of the molecule is C1#Cc2ccccc2CCC1.CC. The molecular weight excluding hydrogens is 156 g/mol. The molecule has 0 aliphatic heterocycles. The molecule has 0 saturated carbocycles. The first-order valence-corrected chi connectivity index (χ1v) is 5.03. The molecule has 2 rings (SSSR count). The van der Waals surface area contributed by atoms with E-state index in [4.69, 9.17) is 0 Å². The lowest BCUT2D eigenvalue weighted by molar-refractivity contribution is 0.862. The normalized spacial score (nSPS) is 12.5. The van der Waals surface area contributed by atoms with Gasteiger partial charge in [0.1, 0.15) is 0 Å². The fourth-order valence-corrected chi connectivity index (χ4v) is 1.39. The van der Waals surface area contributed by atoms with Gasteiger partial charge in [-0.15, -0.1) is 0 Å². The molecule has 0 N–H and O–H groups in total. The van der Waals surface area contributed by atoms with Gasteiger partial charge in [0, 0.05) is 12.0 Å². The Morgan fingerprint density at radius 2 is 1.92 bits per heavy atom. The summed E-state index contributed by atoms with van der Waals surface area (Å²) in [5.41, 5.74) is 2.64. The number of fused-ring (bicyclic) bond motifs is 1. The van der Waals surface area contributed by atoms with Gasteiger partial charge in [0.15, 0.2) is 0 Å². The highest BCUT2D eigenvalue weighted by molar-refractivity contribution is 5.42. The predicted octanol–water partition coefficient (Wildman–Crippen LogP) is 3.40. The van der Waals surface area contributed by atoms with Crippen LogP contribution in [0.25, 0.3) is 0 Å². The lowest BCUT2D eigenvalue weighted by Crippen LogP contribution is -1.86. The van der Waals surface area contributed by atoms with Gasteiger partial charge >= 0.3 is 0 Å². The average Bonchev–Trinajstić information content (AvgIpc) is 2.45. The Morgan fingerprint density at radius 3 is 2.77 bits per heavy atom. The minimum absolute atomic E-state index is 1.05. The summed E-state index contributed by atoms with van der Waals surface area (Å²) < 4.78 is 0. The zero-order valence-corrected chi connectivity index (χ0v) is 8.43. The number of aryl methyl sites for hydroxylation is 1. The van der Waals surface area contributed by atoms with Gasteiger partial charge in [0.25, 0.3) is 0 Å². The summed E-state index contributed by atoms with van der Waals surface area (Å²) >= 11 is 0. The molecule has 0 heterocycles. The molecule has 0 atom stereocenters. The molecule has 0 aromatic heterocycles. The molecule has 0 amide bonds. The highest BCUT2D eigenvalue weighted by Crippen LogP contribution is 2.13. The van der Waals surface area contributed by atoms with Crippen molar-refractivity contribution in [3.05, 3.63) is 35.4 Å². The van der Waals surface area contributed by atoms with Crippen LogP contribution in [0.15, 0.2) is 24.3 Å². The minimum atomic E-state index is 1.05. The summed E-state index contributed by atoms with van der Waals surface area (Å²) in [6.45, 7) is 4.00. The Labute approximate surface area is 81.0 Å². The van der Waals surface area contributed by atoms with Gasteiger partial charge in [0.2, 0.25) is 0 Å². The van der Waals surface area contributed by atoms with Gasteiger partial charge in [0.05, 0.1) is 0 Å². The van der Waals surface area contributed by atoms with Gasteiger partial charge in [-0.25, -0.2) is 0 Å². The van der Waals surface area contributed by atoms with E-state index in [1.165, 1.54) is 24.0 Å². The molecule has 0 bridgehead atoms. The van der Waals surface area contributed by atoms with Gasteiger partial charge in [-0.2, -0.15) is 0 Å². The Balaban J connectivity index is 0.000000396.